The van der Waals surface area contributed by atoms with Gasteiger partial charge in [0.1, 0.15) is 0 Å². The minimum absolute atomic E-state index is 0.600. The van der Waals surface area contributed by atoms with Gasteiger partial charge in [-0.15, -0.1) is 0 Å². The Bertz CT molecular complexity index is 880. The minimum Gasteiger partial charge on any atom is -0.493 e. The molecular formula is C18H19N3O2S2. The maximum atomic E-state index is 5.36. The topological polar surface area (TPSA) is 55.4 Å². The smallest absolute Gasteiger partial charge is 0.170 e. The Morgan fingerprint density at radius 3 is 2.76 bits per heavy atom. The van der Waals surface area contributed by atoms with Crippen LogP contribution in [0.5, 0.6) is 11.5 Å². The second-order valence-electron chi connectivity index (χ2n) is 5.40. The van der Waals surface area contributed by atoms with Crippen molar-refractivity contribution in [1.82, 2.24) is 9.69 Å². The molecule has 0 spiro atoms. The van der Waals surface area contributed by atoms with Crippen molar-refractivity contribution in [2.75, 3.05) is 26.1 Å². The van der Waals surface area contributed by atoms with Gasteiger partial charge < -0.3 is 20.1 Å². The first-order valence-corrected chi connectivity index (χ1v) is 8.98. The molecule has 0 atom stereocenters. The van der Waals surface area contributed by atoms with E-state index < -0.39 is 0 Å². The molecule has 0 aliphatic heterocycles. The summed E-state index contributed by atoms with van der Waals surface area (Å²) >= 11 is 6.85. The van der Waals surface area contributed by atoms with Crippen LogP contribution in [-0.4, -0.2) is 30.3 Å². The number of aromatic nitrogens is 1. The van der Waals surface area contributed by atoms with E-state index in [1.807, 2.05) is 42.6 Å². The highest BCUT2D eigenvalue weighted by atomic mass is 32.1. The number of fused-ring (bicyclic) bond motifs is 1. The Hall–Kier alpha value is -2.38. The number of nitrogens with zero attached hydrogens (tertiary/aromatic N) is 1. The highest BCUT2D eigenvalue weighted by Gasteiger charge is 2.05. The van der Waals surface area contributed by atoms with E-state index in [0.29, 0.717) is 5.11 Å². The van der Waals surface area contributed by atoms with E-state index in [2.05, 4.69) is 15.0 Å². The molecule has 2 N–H and O–H groups in total. The zero-order valence-electron chi connectivity index (χ0n) is 14.0. The van der Waals surface area contributed by atoms with Crippen molar-refractivity contribution in [3.05, 3.63) is 48.2 Å². The molecule has 0 aliphatic carbocycles. The van der Waals surface area contributed by atoms with Crippen LogP contribution in [-0.2, 0) is 6.42 Å². The second-order valence-corrected chi connectivity index (χ2v) is 6.64. The molecule has 1 heterocycles. The molecule has 0 unspecified atom stereocenters. The Morgan fingerprint density at radius 2 is 1.96 bits per heavy atom. The fraction of sp³-hybridized carbons (Fsp3) is 0.222. The van der Waals surface area contributed by atoms with Crippen LogP contribution in [0.4, 0.5) is 5.69 Å². The normalized spacial score (nSPS) is 10.5. The molecule has 0 amide bonds. The highest BCUT2D eigenvalue weighted by Crippen LogP contribution is 2.27. The number of rotatable bonds is 6. The van der Waals surface area contributed by atoms with Crippen LogP contribution >= 0.6 is 23.8 Å². The maximum Gasteiger partial charge on any atom is 0.170 e. The van der Waals surface area contributed by atoms with Gasteiger partial charge in [-0.3, -0.25) is 0 Å². The predicted octanol–water partition coefficient (Wildman–Crippen LogP) is 3.84. The molecule has 1 aromatic heterocycles. The van der Waals surface area contributed by atoms with Crippen LogP contribution in [0, 0.1) is 0 Å². The Morgan fingerprint density at radius 1 is 1.12 bits per heavy atom. The number of benzene rings is 2. The zero-order valence-corrected chi connectivity index (χ0v) is 15.7. The Labute approximate surface area is 156 Å². The van der Waals surface area contributed by atoms with E-state index >= 15 is 0 Å². The van der Waals surface area contributed by atoms with Gasteiger partial charge in [-0.2, -0.15) is 4.37 Å². The quantitative estimate of drug-likeness (QED) is 0.640. The summed E-state index contributed by atoms with van der Waals surface area (Å²) in [7, 11) is 3.27. The van der Waals surface area contributed by atoms with E-state index in [1.165, 1.54) is 11.5 Å². The summed E-state index contributed by atoms with van der Waals surface area (Å²) in [6, 6.07) is 12.0. The van der Waals surface area contributed by atoms with Crippen molar-refractivity contribution in [2.24, 2.45) is 0 Å². The molecule has 0 bridgehead atoms. The number of ether oxygens (including phenoxy) is 2. The molecule has 5 nitrogen and oxygen atoms in total. The number of thiocarbonyl (C=S) groups is 1. The number of methoxy groups -OCH3 is 2. The average molecular weight is 374 g/mol. The van der Waals surface area contributed by atoms with Crippen LogP contribution in [0.25, 0.3) is 10.1 Å². The van der Waals surface area contributed by atoms with Crippen LogP contribution < -0.4 is 20.1 Å². The molecule has 0 fully saturated rings. The summed E-state index contributed by atoms with van der Waals surface area (Å²) in [6.45, 7) is 0.726. The van der Waals surface area contributed by atoms with Crippen molar-refractivity contribution in [3.63, 3.8) is 0 Å². The maximum absolute atomic E-state index is 5.36. The van der Waals surface area contributed by atoms with Gasteiger partial charge >= 0.3 is 0 Å². The number of hydrogen-bond acceptors (Lipinski definition) is 5. The monoisotopic (exact) mass is 373 g/mol. The second kappa shape index (κ2) is 8.13. The largest absolute Gasteiger partial charge is 0.493 e. The van der Waals surface area contributed by atoms with Crippen molar-refractivity contribution < 1.29 is 9.47 Å². The molecule has 130 valence electrons. The molecule has 0 aliphatic rings. The number of nitrogens with one attached hydrogen (secondary N) is 2. The third kappa shape index (κ3) is 4.37. The molecule has 0 saturated heterocycles. The molecule has 3 aromatic rings. The number of anilines is 1. The van der Waals surface area contributed by atoms with Gasteiger partial charge in [-0.05, 0) is 66.1 Å². The lowest BCUT2D eigenvalue weighted by Crippen LogP contribution is -2.30. The van der Waals surface area contributed by atoms with Crippen molar-refractivity contribution >= 4 is 44.6 Å². The average Bonchev–Trinajstić information content (AvgIpc) is 3.09. The van der Waals surface area contributed by atoms with E-state index in [9.17, 15) is 0 Å². The van der Waals surface area contributed by atoms with Gasteiger partial charge in [0, 0.05) is 23.8 Å². The van der Waals surface area contributed by atoms with Crippen molar-refractivity contribution in [3.8, 4) is 11.5 Å². The van der Waals surface area contributed by atoms with Crippen LogP contribution in [0.1, 0.15) is 5.56 Å². The van der Waals surface area contributed by atoms with E-state index in [4.69, 9.17) is 21.7 Å². The minimum atomic E-state index is 0.600. The molecule has 2 aromatic carbocycles. The fourth-order valence-corrected chi connectivity index (χ4v) is 3.33. The lowest BCUT2D eigenvalue weighted by atomic mass is 10.1. The fourth-order valence-electron chi connectivity index (χ4n) is 2.48. The van der Waals surface area contributed by atoms with E-state index in [-0.39, 0.29) is 0 Å². The standard InChI is InChI=1S/C18H19N3O2S2/c1-22-15-5-3-12(9-16(15)23-2)7-8-19-18(24)21-14-4-6-17-13(10-14)11-20-25-17/h3-6,9-11H,7-8H2,1-2H3,(H2,19,21,24). The summed E-state index contributed by atoms with van der Waals surface area (Å²) in [4.78, 5) is 0. The first-order chi connectivity index (χ1) is 12.2. The third-order valence-electron chi connectivity index (χ3n) is 3.76. The van der Waals surface area contributed by atoms with Crippen molar-refractivity contribution in [2.45, 2.75) is 6.42 Å². The van der Waals surface area contributed by atoms with Crippen molar-refractivity contribution in [1.29, 1.82) is 0 Å². The predicted molar refractivity (Wildman–Crippen MR) is 107 cm³/mol. The lowest BCUT2D eigenvalue weighted by Gasteiger charge is -2.12. The lowest BCUT2D eigenvalue weighted by molar-refractivity contribution is 0.354. The summed E-state index contributed by atoms with van der Waals surface area (Å²) in [5.74, 6) is 1.47. The van der Waals surface area contributed by atoms with Gasteiger partial charge in [0.15, 0.2) is 16.6 Å². The van der Waals surface area contributed by atoms with Gasteiger partial charge in [0.2, 0.25) is 0 Å². The molecule has 0 radical (unpaired) electrons. The van der Waals surface area contributed by atoms with Gasteiger partial charge in [0.25, 0.3) is 0 Å². The molecule has 7 heteroatoms. The Kier molecular flexibility index (Phi) is 5.67. The summed E-state index contributed by atoms with van der Waals surface area (Å²) in [6.07, 6.45) is 2.69. The first kappa shape index (κ1) is 17.4. The first-order valence-electron chi connectivity index (χ1n) is 7.80. The van der Waals surface area contributed by atoms with Gasteiger partial charge in [-0.1, -0.05) is 6.07 Å². The summed E-state index contributed by atoms with van der Waals surface area (Å²) in [5.41, 5.74) is 2.11. The molecule has 0 saturated carbocycles. The van der Waals surface area contributed by atoms with Crippen LogP contribution in [0.2, 0.25) is 0 Å². The Balaban J connectivity index is 1.52. The molecular weight excluding hydrogens is 354 g/mol. The SMILES string of the molecule is COc1ccc(CCNC(=S)Nc2ccc3sncc3c2)cc1OC. The highest BCUT2D eigenvalue weighted by molar-refractivity contribution is 7.80. The summed E-state index contributed by atoms with van der Waals surface area (Å²) in [5, 5.41) is 8.14. The summed E-state index contributed by atoms with van der Waals surface area (Å²) < 4.78 is 15.9. The third-order valence-corrected chi connectivity index (χ3v) is 4.78. The van der Waals surface area contributed by atoms with Crippen LogP contribution in [0.15, 0.2) is 42.6 Å². The van der Waals surface area contributed by atoms with E-state index in [0.717, 1.165) is 45.8 Å². The van der Waals surface area contributed by atoms with Gasteiger partial charge in [0.05, 0.1) is 18.9 Å². The van der Waals surface area contributed by atoms with Crippen LogP contribution in [0.3, 0.4) is 0 Å². The van der Waals surface area contributed by atoms with E-state index in [1.54, 1.807) is 14.2 Å². The molecule has 3 rings (SSSR count). The number of hydrogen-bond donors (Lipinski definition) is 2. The molecule has 25 heavy (non-hydrogen) atoms. The zero-order chi connectivity index (χ0) is 17.6. The van der Waals surface area contributed by atoms with Gasteiger partial charge in [-0.25, -0.2) is 0 Å².